The zero-order valence-corrected chi connectivity index (χ0v) is 12.8. The van der Waals surface area contributed by atoms with Crippen molar-refractivity contribution < 1.29 is 9.53 Å². The van der Waals surface area contributed by atoms with Crippen molar-refractivity contribution >= 4 is 17.7 Å². The molecule has 1 aromatic rings. The first kappa shape index (κ1) is 15.3. The topological polar surface area (TPSA) is 64.1 Å². The normalized spacial score (nSPS) is 25.6. The minimum absolute atomic E-state index is 0.121. The van der Waals surface area contributed by atoms with Crippen LogP contribution in [0.1, 0.15) is 33.1 Å². The first-order valence-corrected chi connectivity index (χ1v) is 7.93. The van der Waals surface area contributed by atoms with E-state index in [1.807, 2.05) is 13.8 Å². The Hall–Kier alpha value is -1.14. The quantitative estimate of drug-likeness (QED) is 0.810. The van der Waals surface area contributed by atoms with Crippen LogP contribution >= 0.6 is 11.8 Å². The van der Waals surface area contributed by atoms with E-state index in [9.17, 15) is 4.79 Å². The van der Waals surface area contributed by atoms with Gasteiger partial charge in [-0.25, -0.2) is 4.98 Å². The molecule has 1 N–H and O–H groups in total. The Labute approximate surface area is 123 Å². The summed E-state index contributed by atoms with van der Waals surface area (Å²) in [5, 5.41) is 4.62. The molecule has 1 fully saturated rings. The van der Waals surface area contributed by atoms with Crippen LogP contribution in [-0.2, 0) is 9.53 Å². The van der Waals surface area contributed by atoms with Crippen LogP contribution in [0.4, 0.5) is 0 Å². The lowest BCUT2D eigenvalue weighted by Crippen LogP contribution is -2.51. The average Bonchev–Trinajstić information content (AvgIpc) is 2.85. The molecular formula is C14H21N3O2S. The number of hydrogen-bond acceptors (Lipinski definition) is 6. The first-order valence-electron chi connectivity index (χ1n) is 7.05. The molecule has 1 aromatic heterocycles. The third-order valence-corrected chi connectivity index (χ3v) is 4.67. The van der Waals surface area contributed by atoms with Crippen LogP contribution in [-0.4, -0.2) is 39.9 Å². The van der Waals surface area contributed by atoms with Gasteiger partial charge in [0, 0.05) is 17.6 Å². The van der Waals surface area contributed by atoms with Crippen LogP contribution in [0.25, 0.3) is 0 Å². The monoisotopic (exact) mass is 295 g/mol. The number of esters is 1. The summed E-state index contributed by atoms with van der Waals surface area (Å²) >= 11 is 1.69. The van der Waals surface area contributed by atoms with Gasteiger partial charge in [-0.2, -0.15) is 0 Å². The Balaban J connectivity index is 2.02. The van der Waals surface area contributed by atoms with Gasteiger partial charge in [0.1, 0.15) is 10.6 Å². The second-order valence-electron chi connectivity index (χ2n) is 4.86. The summed E-state index contributed by atoms with van der Waals surface area (Å²) in [5.74, 6) is -0.121. The molecule has 20 heavy (non-hydrogen) atoms. The largest absolute Gasteiger partial charge is 0.465 e. The lowest BCUT2D eigenvalue weighted by Gasteiger charge is -2.27. The molecule has 2 unspecified atom stereocenters. The molecule has 110 valence electrons. The van der Waals surface area contributed by atoms with Crippen LogP contribution in [0.2, 0.25) is 0 Å². The van der Waals surface area contributed by atoms with Gasteiger partial charge in [0.05, 0.1) is 12.8 Å². The summed E-state index contributed by atoms with van der Waals surface area (Å²) in [4.78, 5) is 20.6. The standard InChI is InChI=1S/C14H21N3O2S/c1-3-17-14(13(18)19-4-2)6-5-11(9-14)20-12-10-15-7-8-16-12/h7-8,10-11,17H,3-6,9H2,1-2H3. The van der Waals surface area contributed by atoms with Crippen molar-refractivity contribution in [2.75, 3.05) is 13.2 Å². The zero-order chi connectivity index (χ0) is 14.4. The predicted molar refractivity (Wildman–Crippen MR) is 78.6 cm³/mol. The molecule has 0 aromatic carbocycles. The molecule has 2 atom stereocenters. The van der Waals surface area contributed by atoms with E-state index in [4.69, 9.17) is 4.74 Å². The molecule has 1 aliphatic rings. The SMILES string of the molecule is CCNC1(C(=O)OCC)CCC(Sc2cnccn2)C1. The van der Waals surface area contributed by atoms with Crippen molar-refractivity contribution in [1.82, 2.24) is 15.3 Å². The Bertz CT molecular complexity index is 443. The third kappa shape index (κ3) is 3.49. The number of carbonyl (C=O) groups excluding carboxylic acids is 1. The van der Waals surface area contributed by atoms with Gasteiger partial charge >= 0.3 is 5.97 Å². The van der Waals surface area contributed by atoms with Crippen molar-refractivity contribution in [3.8, 4) is 0 Å². The molecule has 0 bridgehead atoms. The van der Waals surface area contributed by atoms with Crippen molar-refractivity contribution in [2.45, 2.75) is 48.9 Å². The average molecular weight is 295 g/mol. The van der Waals surface area contributed by atoms with Crippen LogP contribution in [0.15, 0.2) is 23.6 Å². The molecule has 0 amide bonds. The van der Waals surface area contributed by atoms with Crippen LogP contribution < -0.4 is 5.32 Å². The van der Waals surface area contributed by atoms with Gasteiger partial charge in [-0.05, 0) is 32.7 Å². The third-order valence-electron chi connectivity index (χ3n) is 3.48. The van der Waals surface area contributed by atoms with Crippen LogP contribution in [0.3, 0.4) is 0 Å². The van der Waals surface area contributed by atoms with Gasteiger partial charge in [0.15, 0.2) is 0 Å². The molecule has 0 spiro atoms. The maximum absolute atomic E-state index is 12.2. The molecule has 1 saturated carbocycles. The minimum atomic E-state index is -0.523. The van der Waals surface area contributed by atoms with Gasteiger partial charge < -0.3 is 10.1 Å². The Morgan fingerprint density at radius 1 is 1.55 bits per heavy atom. The summed E-state index contributed by atoms with van der Waals surface area (Å²) in [7, 11) is 0. The smallest absolute Gasteiger partial charge is 0.326 e. The predicted octanol–water partition coefficient (Wildman–Crippen LogP) is 2.03. The van der Waals surface area contributed by atoms with E-state index in [1.165, 1.54) is 0 Å². The second kappa shape index (κ2) is 7.04. The molecule has 0 aliphatic heterocycles. The summed E-state index contributed by atoms with van der Waals surface area (Å²) < 4.78 is 5.24. The number of thioether (sulfide) groups is 1. The minimum Gasteiger partial charge on any atom is -0.465 e. The van der Waals surface area contributed by atoms with Crippen LogP contribution in [0, 0.1) is 0 Å². The number of carbonyl (C=O) groups is 1. The van der Waals surface area contributed by atoms with Crippen molar-refractivity contribution in [2.24, 2.45) is 0 Å². The number of hydrogen-bond donors (Lipinski definition) is 1. The van der Waals surface area contributed by atoms with E-state index in [2.05, 4.69) is 15.3 Å². The Morgan fingerprint density at radius 3 is 3.05 bits per heavy atom. The molecule has 0 saturated heterocycles. The fourth-order valence-corrected chi connectivity index (χ4v) is 3.83. The maximum atomic E-state index is 12.2. The highest BCUT2D eigenvalue weighted by Crippen LogP contribution is 2.40. The van der Waals surface area contributed by atoms with Gasteiger partial charge in [0.25, 0.3) is 0 Å². The van der Waals surface area contributed by atoms with Gasteiger partial charge in [0.2, 0.25) is 0 Å². The lowest BCUT2D eigenvalue weighted by molar-refractivity contribution is -0.151. The Kier molecular flexibility index (Phi) is 5.37. The fraction of sp³-hybridized carbons (Fsp3) is 0.643. The molecule has 6 heteroatoms. The highest BCUT2D eigenvalue weighted by Gasteiger charge is 2.46. The second-order valence-corrected chi connectivity index (χ2v) is 6.18. The number of ether oxygens (including phenoxy) is 1. The molecule has 5 nitrogen and oxygen atoms in total. The fourth-order valence-electron chi connectivity index (χ4n) is 2.64. The number of rotatable bonds is 6. The summed E-state index contributed by atoms with van der Waals surface area (Å²) in [6.45, 7) is 5.05. The zero-order valence-electron chi connectivity index (χ0n) is 12.0. The molecule has 2 rings (SSSR count). The van der Waals surface area contributed by atoms with Crippen LogP contribution in [0.5, 0.6) is 0 Å². The highest BCUT2D eigenvalue weighted by atomic mass is 32.2. The van der Waals surface area contributed by atoms with E-state index in [-0.39, 0.29) is 5.97 Å². The molecule has 1 heterocycles. The van der Waals surface area contributed by atoms with E-state index in [0.29, 0.717) is 11.9 Å². The lowest BCUT2D eigenvalue weighted by atomic mass is 9.98. The van der Waals surface area contributed by atoms with E-state index in [1.54, 1.807) is 30.4 Å². The number of nitrogens with one attached hydrogen (secondary N) is 1. The van der Waals surface area contributed by atoms with E-state index < -0.39 is 5.54 Å². The number of likely N-dealkylation sites (N-methyl/N-ethyl adjacent to an activating group) is 1. The summed E-state index contributed by atoms with van der Waals surface area (Å²) in [6.07, 6.45) is 7.70. The Morgan fingerprint density at radius 2 is 2.40 bits per heavy atom. The molecule has 1 aliphatic carbocycles. The van der Waals surface area contributed by atoms with Gasteiger partial charge in [-0.3, -0.25) is 9.78 Å². The highest BCUT2D eigenvalue weighted by molar-refractivity contribution is 7.99. The first-order chi connectivity index (χ1) is 9.70. The van der Waals surface area contributed by atoms with Gasteiger partial charge in [-0.15, -0.1) is 11.8 Å². The van der Waals surface area contributed by atoms with E-state index in [0.717, 1.165) is 30.8 Å². The number of nitrogens with zero attached hydrogens (tertiary/aromatic N) is 2. The summed E-state index contributed by atoms with van der Waals surface area (Å²) in [6, 6.07) is 0. The maximum Gasteiger partial charge on any atom is 0.326 e. The van der Waals surface area contributed by atoms with Crippen molar-refractivity contribution in [1.29, 1.82) is 0 Å². The van der Waals surface area contributed by atoms with Crippen molar-refractivity contribution in [3.63, 3.8) is 0 Å². The molecular weight excluding hydrogens is 274 g/mol. The van der Waals surface area contributed by atoms with Gasteiger partial charge in [-0.1, -0.05) is 6.92 Å². The van der Waals surface area contributed by atoms with E-state index >= 15 is 0 Å². The number of aromatic nitrogens is 2. The molecule has 0 radical (unpaired) electrons. The van der Waals surface area contributed by atoms with Crippen molar-refractivity contribution in [3.05, 3.63) is 18.6 Å². The summed E-state index contributed by atoms with van der Waals surface area (Å²) in [5.41, 5.74) is -0.523.